The average molecular weight is 458 g/mol. The maximum Gasteiger partial charge on any atom is 0.262 e. The highest BCUT2D eigenvalue weighted by Gasteiger charge is 2.26. The molecule has 0 aromatic carbocycles. The van der Waals surface area contributed by atoms with Crippen LogP contribution in [-0.2, 0) is 4.79 Å². The zero-order valence-corrected chi connectivity index (χ0v) is 17.3. The van der Waals surface area contributed by atoms with Crippen LogP contribution in [0.5, 0.6) is 0 Å². The third-order valence-electron chi connectivity index (χ3n) is 4.14. The van der Waals surface area contributed by atoms with E-state index in [9.17, 15) is 9.59 Å². The number of aromatic nitrogens is 1. The van der Waals surface area contributed by atoms with Crippen LogP contribution in [0.15, 0.2) is 34.2 Å². The summed E-state index contributed by atoms with van der Waals surface area (Å²) in [6.07, 6.45) is 1.62. The molecule has 0 saturated carbocycles. The molecule has 9 heteroatoms. The second-order valence-corrected chi connectivity index (χ2v) is 8.85. The largest absolute Gasteiger partial charge is 0.353 e. The summed E-state index contributed by atoms with van der Waals surface area (Å²) in [5.74, 6) is 0.550. The Labute approximate surface area is 169 Å². The first-order valence-corrected chi connectivity index (χ1v) is 10.1. The zero-order chi connectivity index (χ0) is 18.7. The minimum atomic E-state index is -0.566. The van der Waals surface area contributed by atoms with Gasteiger partial charge in [0.25, 0.3) is 5.91 Å². The van der Waals surface area contributed by atoms with E-state index in [1.807, 2.05) is 18.2 Å². The molecular formula is C17H18BrClN4O2S. The number of pyridine rings is 1. The molecule has 26 heavy (non-hydrogen) atoms. The molecule has 0 spiro atoms. The van der Waals surface area contributed by atoms with Crippen molar-refractivity contribution < 1.29 is 9.59 Å². The van der Waals surface area contributed by atoms with Gasteiger partial charge in [0.2, 0.25) is 5.91 Å². The molecule has 2 amide bonds. The second-order valence-electron chi connectivity index (χ2n) is 5.95. The number of halogens is 2. The molecule has 3 heterocycles. The number of anilines is 1. The predicted octanol–water partition coefficient (Wildman–Crippen LogP) is 3.03. The number of hydrogen-bond acceptors (Lipinski definition) is 5. The molecule has 1 aliphatic rings. The molecule has 2 aromatic rings. The number of hydrogen-bond donors (Lipinski definition) is 1. The van der Waals surface area contributed by atoms with E-state index < -0.39 is 6.04 Å². The molecule has 0 radical (unpaired) electrons. The van der Waals surface area contributed by atoms with Gasteiger partial charge in [0, 0.05) is 32.4 Å². The molecule has 1 fully saturated rings. The molecule has 1 unspecified atom stereocenters. The molecule has 1 atom stereocenters. The van der Waals surface area contributed by atoms with Crippen LogP contribution < -0.4 is 10.2 Å². The highest BCUT2D eigenvalue weighted by molar-refractivity contribution is 9.11. The number of rotatable bonds is 4. The molecule has 2 aromatic heterocycles. The Balaban J connectivity index is 1.52. The first kappa shape index (κ1) is 19.1. The Morgan fingerprint density at radius 1 is 1.23 bits per heavy atom. The Morgan fingerprint density at radius 3 is 2.54 bits per heavy atom. The Hall–Kier alpha value is -1.64. The second kappa shape index (κ2) is 8.37. The van der Waals surface area contributed by atoms with Gasteiger partial charge in [0.15, 0.2) is 0 Å². The van der Waals surface area contributed by atoms with Crippen molar-refractivity contribution in [2.24, 2.45) is 0 Å². The number of thiophene rings is 1. The maximum absolute atomic E-state index is 12.6. The van der Waals surface area contributed by atoms with E-state index in [0.29, 0.717) is 36.1 Å². The van der Waals surface area contributed by atoms with Crippen molar-refractivity contribution in [1.29, 1.82) is 0 Å². The monoisotopic (exact) mass is 456 g/mol. The molecular weight excluding hydrogens is 440 g/mol. The fourth-order valence-corrected chi connectivity index (χ4v) is 4.15. The Morgan fingerprint density at radius 2 is 1.96 bits per heavy atom. The number of piperazine rings is 1. The normalized spacial score (nSPS) is 15.7. The first-order valence-electron chi connectivity index (χ1n) is 8.15. The van der Waals surface area contributed by atoms with Gasteiger partial charge in [-0.15, -0.1) is 11.3 Å². The summed E-state index contributed by atoms with van der Waals surface area (Å²) < 4.78 is 0.883. The molecule has 1 saturated heterocycles. The van der Waals surface area contributed by atoms with E-state index in [-0.39, 0.29) is 11.8 Å². The molecule has 1 aliphatic heterocycles. The maximum atomic E-state index is 12.6. The fourth-order valence-electron chi connectivity index (χ4n) is 2.75. The van der Waals surface area contributed by atoms with Gasteiger partial charge in [-0.25, -0.2) is 4.98 Å². The van der Waals surface area contributed by atoms with Crippen LogP contribution in [0, 0.1) is 0 Å². The highest BCUT2D eigenvalue weighted by atomic mass is 79.9. The molecule has 0 aliphatic carbocycles. The van der Waals surface area contributed by atoms with Gasteiger partial charge in [0.05, 0.1) is 13.7 Å². The number of nitrogens with one attached hydrogen (secondary N) is 1. The standard InChI is InChI=1S/C17H18BrClN4O2S/c1-11(21-16(24)13-3-4-14(18)26-13)17(25)23-8-6-22(7-9-23)15-5-2-12(19)10-20-15/h2-5,10-11H,6-9H2,1H3,(H,21,24). The van der Waals surface area contributed by atoms with Crippen LogP contribution in [-0.4, -0.2) is 53.9 Å². The molecule has 138 valence electrons. The Bertz CT molecular complexity index is 790. The van der Waals surface area contributed by atoms with Gasteiger partial charge in [-0.2, -0.15) is 0 Å². The molecule has 6 nitrogen and oxygen atoms in total. The van der Waals surface area contributed by atoms with Crippen LogP contribution in [0.25, 0.3) is 0 Å². The SMILES string of the molecule is CC(NC(=O)c1ccc(Br)s1)C(=O)N1CCN(c2ccc(Cl)cn2)CC1. The average Bonchev–Trinajstić information content (AvgIpc) is 3.08. The minimum Gasteiger partial charge on any atom is -0.353 e. The van der Waals surface area contributed by atoms with Crippen LogP contribution >= 0.6 is 38.9 Å². The van der Waals surface area contributed by atoms with Crippen molar-refractivity contribution in [2.45, 2.75) is 13.0 Å². The fraction of sp³-hybridized carbons (Fsp3) is 0.353. The first-order chi connectivity index (χ1) is 12.4. The quantitative estimate of drug-likeness (QED) is 0.766. The van der Waals surface area contributed by atoms with Gasteiger partial charge in [0.1, 0.15) is 11.9 Å². The van der Waals surface area contributed by atoms with Crippen molar-refractivity contribution in [3.05, 3.63) is 44.1 Å². The smallest absolute Gasteiger partial charge is 0.262 e. The topological polar surface area (TPSA) is 65.5 Å². The molecule has 0 bridgehead atoms. The number of amides is 2. The van der Waals surface area contributed by atoms with Gasteiger partial charge < -0.3 is 15.1 Å². The van der Waals surface area contributed by atoms with Crippen LogP contribution in [0.2, 0.25) is 5.02 Å². The van der Waals surface area contributed by atoms with E-state index in [1.54, 1.807) is 24.1 Å². The summed E-state index contributed by atoms with van der Waals surface area (Å²) in [5.41, 5.74) is 0. The lowest BCUT2D eigenvalue weighted by Crippen LogP contribution is -2.54. The van der Waals surface area contributed by atoms with Crippen LogP contribution in [0.3, 0.4) is 0 Å². The van der Waals surface area contributed by atoms with Crippen molar-refractivity contribution in [1.82, 2.24) is 15.2 Å². The lowest BCUT2D eigenvalue weighted by atomic mass is 10.2. The third kappa shape index (κ3) is 4.55. The number of nitrogens with zero attached hydrogens (tertiary/aromatic N) is 3. The van der Waals surface area contributed by atoms with E-state index in [4.69, 9.17) is 11.6 Å². The lowest BCUT2D eigenvalue weighted by molar-refractivity contribution is -0.133. The van der Waals surface area contributed by atoms with E-state index in [2.05, 4.69) is 31.1 Å². The van der Waals surface area contributed by atoms with Crippen molar-refractivity contribution in [2.75, 3.05) is 31.1 Å². The third-order valence-corrected chi connectivity index (χ3v) is 5.99. The lowest BCUT2D eigenvalue weighted by Gasteiger charge is -2.36. The van der Waals surface area contributed by atoms with Gasteiger partial charge >= 0.3 is 0 Å². The van der Waals surface area contributed by atoms with E-state index >= 15 is 0 Å². The molecule has 1 N–H and O–H groups in total. The number of carbonyl (C=O) groups is 2. The van der Waals surface area contributed by atoms with Gasteiger partial charge in [-0.1, -0.05) is 11.6 Å². The van der Waals surface area contributed by atoms with Crippen molar-refractivity contribution in [3.63, 3.8) is 0 Å². The minimum absolute atomic E-state index is 0.0716. The highest BCUT2D eigenvalue weighted by Crippen LogP contribution is 2.22. The van der Waals surface area contributed by atoms with Crippen molar-refractivity contribution >= 4 is 56.5 Å². The summed E-state index contributed by atoms with van der Waals surface area (Å²) in [7, 11) is 0. The number of carbonyl (C=O) groups excluding carboxylic acids is 2. The zero-order valence-electron chi connectivity index (χ0n) is 14.1. The summed E-state index contributed by atoms with van der Waals surface area (Å²) in [4.78, 5) is 33.6. The van der Waals surface area contributed by atoms with Crippen LogP contribution in [0.1, 0.15) is 16.6 Å². The summed E-state index contributed by atoms with van der Waals surface area (Å²) in [5, 5.41) is 3.38. The predicted molar refractivity (Wildman–Crippen MR) is 107 cm³/mol. The summed E-state index contributed by atoms with van der Waals surface area (Å²) >= 11 is 10.5. The van der Waals surface area contributed by atoms with E-state index in [0.717, 1.165) is 9.60 Å². The van der Waals surface area contributed by atoms with Crippen molar-refractivity contribution in [3.8, 4) is 0 Å². The van der Waals surface area contributed by atoms with E-state index in [1.165, 1.54) is 11.3 Å². The van der Waals surface area contributed by atoms with Gasteiger partial charge in [-0.05, 0) is 47.1 Å². The van der Waals surface area contributed by atoms with Crippen LogP contribution in [0.4, 0.5) is 5.82 Å². The Kier molecular flexibility index (Phi) is 6.16. The van der Waals surface area contributed by atoms with Gasteiger partial charge in [-0.3, -0.25) is 9.59 Å². The summed E-state index contributed by atoms with van der Waals surface area (Å²) in [6, 6.07) is 6.67. The molecule has 3 rings (SSSR count). The summed E-state index contributed by atoms with van der Waals surface area (Å²) in [6.45, 7) is 4.29.